The SMILES string of the molecule is COc1ccc(CCNC(=O)[C@@H](CC(C)(C)C)OC(N)=O)cc1OC. The quantitative estimate of drug-likeness (QED) is 0.747. The highest BCUT2D eigenvalue weighted by Gasteiger charge is 2.27. The summed E-state index contributed by atoms with van der Waals surface area (Å²) in [7, 11) is 3.15. The Morgan fingerprint density at radius 2 is 1.80 bits per heavy atom. The minimum atomic E-state index is -0.954. The third-order valence-corrected chi connectivity index (χ3v) is 3.51. The molecule has 0 unspecified atom stereocenters. The molecule has 2 amide bonds. The normalized spacial score (nSPS) is 12.2. The fraction of sp³-hybridized carbons (Fsp3) is 0.556. The number of carbonyl (C=O) groups excluding carboxylic acids is 2. The lowest BCUT2D eigenvalue weighted by Crippen LogP contribution is -2.41. The molecule has 0 aliphatic rings. The number of rotatable bonds is 8. The number of methoxy groups -OCH3 is 2. The van der Waals surface area contributed by atoms with Gasteiger partial charge in [-0.1, -0.05) is 26.8 Å². The van der Waals surface area contributed by atoms with Gasteiger partial charge in [-0.2, -0.15) is 0 Å². The van der Waals surface area contributed by atoms with E-state index in [0.717, 1.165) is 5.56 Å². The molecule has 0 radical (unpaired) electrons. The van der Waals surface area contributed by atoms with Crippen LogP contribution in [0.15, 0.2) is 18.2 Å². The molecule has 0 heterocycles. The van der Waals surface area contributed by atoms with Crippen LogP contribution in [0.3, 0.4) is 0 Å². The summed E-state index contributed by atoms with van der Waals surface area (Å²) in [4.78, 5) is 23.3. The molecule has 0 bridgehead atoms. The zero-order chi connectivity index (χ0) is 19.0. The minimum Gasteiger partial charge on any atom is -0.493 e. The van der Waals surface area contributed by atoms with Crippen molar-refractivity contribution in [1.29, 1.82) is 0 Å². The van der Waals surface area contributed by atoms with Gasteiger partial charge >= 0.3 is 6.09 Å². The molecule has 1 rings (SSSR count). The summed E-state index contributed by atoms with van der Waals surface area (Å²) in [6, 6.07) is 5.58. The zero-order valence-electron chi connectivity index (χ0n) is 15.5. The monoisotopic (exact) mass is 352 g/mol. The molecule has 1 atom stereocenters. The molecule has 0 fully saturated rings. The standard InChI is InChI=1S/C18H28N2O5/c1-18(2,3)11-15(25-17(19)22)16(21)20-9-8-12-6-7-13(23-4)14(10-12)24-5/h6-7,10,15H,8-9,11H2,1-5H3,(H2,19,22)(H,20,21)/t15-/m1/s1. The van der Waals surface area contributed by atoms with E-state index < -0.39 is 12.2 Å². The van der Waals surface area contributed by atoms with Gasteiger partial charge in [0.1, 0.15) is 0 Å². The van der Waals surface area contributed by atoms with E-state index in [0.29, 0.717) is 30.9 Å². The zero-order valence-corrected chi connectivity index (χ0v) is 15.5. The number of nitrogens with two attached hydrogens (primary N) is 1. The number of nitrogens with one attached hydrogen (secondary N) is 1. The number of primary amides is 1. The second-order valence-corrected chi connectivity index (χ2v) is 6.92. The highest BCUT2D eigenvalue weighted by atomic mass is 16.6. The molecular weight excluding hydrogens is 324 g/mol. The average molecular weight is 352 g/mol. The Labute approximate surface area is 148 Å². The third kappa shape index (κ3) is 7.32. The van der Waals surface area contributed by atoms with Crippen LogP contribution < -0.4 is 20.5 Å². The second kappa shape index (κ2) is 9.15. The van der Waals surface area contributed by atoms with Crippen molar-refractivity contribution in [2.75, 3.05) is 20.8 Å². The Balaban J connectivity index is 2.63. The Bertz CT molecular complexity index is 596. The van der Waals surface area contributed by atoms with Crippen molar-refractivity contribution in [3.05, 3.63) is 23.8 Å². The average Bonchev–Trinajstić information content (AvgIpc) is 2.52. The molecule has 7 nitrogen and oxygen atoms in total. The van der Waals surface area contributed by atoms with Crippen LogP contribution in [0.4, 0.5) is 4.79 Å². The van der Waals surface area contributed by atoms with Crippen LogP contribution in [0, 0.1) is 5.41 Å². The maximum Gasteiger partial charge on any atom is 0.405 e. The summed E-state index contributed by atoms with van der Waals surface area (Å²) < 4.78 is 15.4. The lowest BCUT2D eigenvalue weighted by atomic mass is 9.89. The number of hydrogen-bond donors (Lipinski definition) is 2. The van der Waals surface area contributed by atoms with Gasteiger partial charge in [0.05, 0.1) is 14.2 Å². The van der Waals surface area contributed by atoms with Gasteiger partial charge in [0, 0.05) is 6.54 Å². The van der Waals surface area contributed by atoms with Crippen LogP contribution in [0.5, 0.6) is 11.5 Å². The number of benzene rings is 1. The fourth-order valence-electron chi connectivity index (χ4n) is 2.36. The van der Waals surface area contributed by atoms with Crippen molar-refractivity contribution in [1.82, 2.24) is 5.32 Å². The smallest absolute Gasteiger partial charge is 0.405 e. The molecule has 7 heteroatoms. The summed E-state index contributed by atoms with van der Waals surface area (Å²) in [6.45, 7) is 6.28. The van der Waals surface area contributed by atoms with Crippen LogP contribution in [0.1, 0.15) is 32.8 Å². The molecule has 1 aromatic carbocycles. The number of ether oxygens (including phenoxy) is 3. The molecule has 140 valence electrons. The summed E-state index contributed by atoms with van der Waals surface area (Å²) in [5.41, 5.74) is 5.87. The minimum absolute atomic E-state index is 0.180. The first-order chi connectivity index (χ1) is 11.7. The first-order valence-electron chi connectivity index (χ1n) is 8.11. The van der Waals surface area contributed by atoms with E-state index in [1.54, 1.807) is 14.2 Å². The first-order valence-corrected chi connectivity index (χ1v) is 8.11. The largest absolute Gasteiger partial charge is 0.493 e. The molecule has 0 aliphatic carbocycles. The van der Waals surface area contributed by atoms with Gasteiger partial charge in [-0.25, -0.2) is 4.79 Å². The Hall–Kier alpha value is -2.44. The number of carbonyl (C=O) groups is 2. The summed E-state index contributed by atoms with van der Waals surface area (Å²) in [5, 5.41) is 2.78. The molecular formula is C18H28N2O5. The Kier molecular flexibility index (Phi) is 7.54. The third-order valence-electron chi connectivity index (χ3n) is 3.51. The van der Waals surface area contributed by atoms with Crippen LogP contribution in [-0.2, 0) is 16.0 Å². The molecule has 0 spiro atoms. The van der Waals surface area contributed by atoms with Crippen molar-refractivity contribution in [2.24, 2.45) is 11.1 Å². The van der Waals surface area contributed by atoms with E-state index in [1.807, 2.05) is 39.0 Å². The lowest BCUT2D eigenvalue weighted by Gasteiger charge is -2.24. The van der Waals surface area contributed by atoms with Crippen molar-refractivity contribution in [2.45, 2.75) is 39.7 Å². The van der Waals surface area contributed by atoms with E-state index in [2.05, 4.69) is 5.32 Å². The van der Waals surface area contributed by atoms with Gasteiger partial charge in [-0.3, -0.25) is 4.79 Å². The van der Waals surface area contributed by atoms with Crippen LogP contribution in [-0.4, -0.2) is 38.9 Å². The van der Waals surface area contributed by atoms with Crippen molar-refractivity contribution in [3.63, 3.8) is 0 Å². The number of amides is 2. The van der Waals surface area contributed by atoms with Gasteiger partial charge in [0.15, 0.2) is 17.6 Å². The Morgan fingerprint density at radius 3 is 2.32 bits per heavy atom. The number of hydrogen-bond acceptors (Lipinski definition) is 5. The van der Waals surface area contributed by atoms with Gasteiger partial charge in [0.25, 0.3) is 5.91 Å². The van der Waals surface area contributed by atoms with Crippen molar-refractivity contribution >= 4 is 12.0 Å². The van der Waals surface area contributed by atoms with E-state index >= 15 is 0 Å². The molecule has 1 aromatic rings. The molecule has 3 N–H and O–H groups in total. The predicted molar refractivity (Wildman–Crippen MR) is 94.8 cm³/mol. The van der Waals surface area contributed by atoms with Gasteiger partial charge in [-0.15, -0.1) is 0 Å². The summed E-state index contributed by atoms with van der Waals surface area (Å²) in [5.74, 6) is 0.929. The highest BCUT2D eigenvalue weighted by Crippen LogP contribution is 2.27. The van der Waals surface area contributed by atoms with E-state index in [-0.39, 0.29) is 11.3 Å². The lowest BCUT2D eigenvalue weighted by molar-refractivity contribution is -0.130. The van der Waals surface area contributed by atoms with E-state index in [4.69, 9.17) is 19.9 Å². The highest BCUT2D eigenvalue weighted by molar-refractivity contribution is 5.83. The fourth-order valence-corrected chi connectivity index (χ4v) is 2.36. The maximum atomic E-state index is 12.3. The predicted octanol–water partition coefficient (Wildman–Crippen LogP) is 2.26. The van der Waals surface area contributed by atoms with E-state index in [1.165, 1.54) is 0 Å². The van der Waals surface area contributed by atoms with Gasteiger partial charge in [-0.05, 0) is 36.0 Å². The first kappa shape index (κ1) is 20.6. The molecule has 0 aromatic heterocycles. The van der Waals surface area contributed by atoms with E-state index in [9.17, 15) is 9.59 Å². The topological polar surface area (TPSA) is 99.9 Å². The Morgan fingerprint density at radius 1 is 1.16 bits per heavy atom. The summed E-state index contributed by atoms with van der Waals surface area (Å²) >= 11 is 0. The summed E-state index contributed by atoms with van der Waals surface area (Å²) in [6.07, 6.45) is -0.865. The second-order valence-electron chi connectivity index (χ2n) is 6.92. The maximum absolute atomic E-state index is 12.3. The van der Waals surface area contributed by atoms with Gasteiger partial charge < -0.3 is 25.3 Å². The van der Waals surface area contributed by atoms with Gasteiger partial charge in [0.2, 0.25) is 0 Å². The van der Waals surface area contributed by atoms with Crippen LogP contribution >= 0.6 is 0 Å². The van der Waals surface area contributed by atoms with Crippen LogP contribution in [0.25, 0.3) is 0 Å². The molecule has 0 aliphatic heterocycles. The molecule has 0 saturated heterocycles. The van der Waals surface area contributed by atoms with Crippen LogP contribution in [0.2, 0.25) is 0 Å². The van der Waals surface area contributed by atoms with Crippen molar-refractivity contribution in [3.8, 4) is 11.5 Å². The molecule has 25 heavy (non-hydrogen) atoms. The molecule has 0 saturated carbocycles. The van der Waals surface area contributed by atoms with Crippen molar-refractivity contribution < 1.29 is 23.8 Å².